The van der Waals surface area contributed by atoms with Crippen molar-refractivity contribution in [3.05, 3.63) is 0 Å². The van der Waals surface area contributed by atoms with Gasteiger partial charge in [-0.1, -0.05) is 358 Å². The summed E-state index contributed by atoms with van der Waals surface area (Å²) in [5.74, 6) is 1.80. The highest BCUT2D eigenvalue weighted by atomic mass is 32.2. The molecule has 0 saturated carbocycles. The average Bonchev–Trinajstić information content (AvgIpc) is 0.936. The fourth-order valence-electron chi connectivity index (χ4n) is 15.8. The molecular weight excluding hydrogens is 1880 g/mol. The summed E-state index contributed by atoms with van der Waals surface area (Å²) in [6.45, 7) is 24.6. The first-order chi connectivity index (χ1) is 68.7. The van der Waals surface area contributed by atoms with E-state index in [4.69, 9.17) is 47.7 Å². The van der Waals surface area contributed by atoms with Gasteiger partial charge in [-0.2, -0.15) is 58.8 Å². The second kappa shape index (κ2) is 106. The number of hydrogen-bond donors (Lipinski definition) is 2. The molecular formula is C111H209N5O20S5. The van der Waals surface area contributed by atoms with Crippen LogP contribution in [0.5, 0.6) is 0 Å². The number of thioether (sulfide) groups is 5. The van der Waals surface area contributed by atoms with Crippen LogP contribution in [0.2, 0.25) is 0 Å². The number of nitrogens with one attached hydrogen (secondary N) is 2. The zero-order valence-corrected chi connectivity index (χ0v) is 95.3. The van der Waals surface area contributed by atoms with Crippen LogP contribution in [0.4, 0.5) is 0 Å². The Morgan fingerprint density at radius 3 is 0.596 bits per heavy atom. The Hall–Kier alpha value is -3.75. The molecule has 0 aliphatic heterocycles. The van der Waals surface area contributed by atoms with Crippen LogP contribution in [0.1, 0.15) is 422 Å². The highest BCUT2D eigenvalue weighted by Gasteiger charge is 2.24. The van der Waals surface area contributed by atoms with E-state index >= 15 is 0 Å². The Morgan fingerprint density at radius 2 is 0.376 bits per heavy atom. The van der Waals surface area contributed by atoms with Crippen LogP contribution in [0, 0.1) is 29.6 Å². The van der Waals surface area contributed by atoms with Gasteiger partial charge in [0.05, 0.1) is 61.7 Å². The third-order valence-electron chi connectivity index (χ3n) is 25.2. The molecule has 2 N–H and O–H groups in total. The Morgan fingerprint density at radius 1 is 0.199 bits per heavy atom. The van der Waals surface area contributed by atoms with Gasteiger partial charge in [0.15, 0.2) is 0 Å². The quantitative estimate of drug-likeness (QED) is 0.0188. The molecule has 0 saturated heterocycles. The first kappa shape index (κ1) is 137. The zero-order valence-electron chi connectivity index (χ0n) is 91.2. The molecule has 0 aromatic rings. The molecule has 0 bridgehead atoms. The average molecular weight is 2090 g/mol. The molecule has 0 amide bonds. The Kier molecular flexibility index (Phi) is 103. The van der Waals surface area contributed by atoms with Crippen molar-refractivity contribution < 1.29 is 95.6 Å². The maximum Gasteiger partial charge on any atom is 0.359 e. The molecule has 0 rings (SSSR count). The van der Waals surface area contributed by atoms with Crippen molar-refractivity contribution in [3.63, 3.8) is 0 Å². The number of carbonyl (C=O) groups is 10. The van der Waals surface area contributed by atoms with E-state index in [2.05, 4.69) is 50.2 Å². The summed E-state index contributed by atoms with van der Waals surface area (Å²) >= 11 is 8.76. The molecule has 141 heavy (non-hydrogen) atoms. The highest BCUT2D eigenvalue weighted by Crippen LogP contribution is 2.23. The first-order valence-electron chi connectivity index (χ1n) is 56.9. The van der Waals surface area contributed by atoms with Crippen molar-refractivity contribution in [2.75, 3.05) is 195 Å². The van der Waals surface area contributed by atoms with E-state index < -0.39 is 41.7 Å². The van der Waals surface area contributed by atoms with Crippen LogP contribution in [0.3, 0.4) is 0 Å². The maximum absolute atomic E-state index is 13.5. The number of ether oxygens (including phenoxy) is 8. The SMILES string of the molecule is CCCCCCCCCCCCSCC(C)C(=O)OCCOC(=O)CCN(CCNCCNCCN(CCC(=O)OCCOC(=O)C(C)CSCCCCCCCCCCCC)CCN(CCC(=O)OCCOC(=O)C(C)CSCCCCCCCCCCCC)CCC(=O)OCCOC(=O)C(C)CSCCCCCCCCCCCC)CCC(=O)OOC(=O)C(C)CSCCCCCCCCCCCC. The monoisotopic (exact) mass is 2090 g/mol. The maximum atomic E-state index is 13.5. The van der Waals surface area contributed by atoms with Crippen molar-refractivity contribution in [3.8, 4) is 0 Å². The number of rotatable bonds is 109. The second-order valence-electron chi connectivity index (χ2n) is 39.0. The summed E-state index contributed by atoms with van der Waals surface area (Å²) in [7, 11) is 0. The van der Waals surface area contributed by atoms with E-state index in [0.717, 1.165) is 60.9 Å². The molecule has 0 spiro atoms. The predicted octanol–water partition coefficient (Wildman–Crippen LogP) is 24.8. The molecule has 0 radical (unpaired) electrons. The lowest BCUT2D eigenvalue weighted by molar-refractivity contribution is -0.261. The van der Waals surface area contributed by atoms with E-state index in [-0.39, 0.29) is 165 Å². The van der Waals surface area contributed by atoms with Gasteiger partial charge in [0.25, 0.3) is 0 Å². The van der Waals surface area contributed by atoms with Gasteiger partial charge in [-0.15, -0.1) is 0 Å². The van der Waals surface area contributed by atoms with Crippen LogP contribution < -0.4 is 10.6 Å². The summed E-state index contributed by atoms with van der Waals surface area (Å²) in [5, 5.41) is 6.96. The fourth-order valence-corrected chi connectivity index (χ4v) is 21.1. The second-order valence-corrected chi connectivity index (χ2v) is 44.7. The van der Waals surface area contributed by atoms with E-state index in [1.54, 1.807) is 65.7 Å². The minimum atomic E-state index is -0.722. The smallest absolute Gasteiger partial charge is 0.359 e. The Bertz CT molecular complexity index is 2860. The summed E-state index contributed by atoms with van der Waals surface area (Å²) < 4.78 is 44.5. The molecule has 0 aromatic carbocycles. The van der Waals surface area contributed by atoms with E-state index in [1.165, 1.54) is 289 Å². The van der Waals surface area contributed by atoms with Crippen LogP contribution in [-0.2, 0) is 95.6 Å². The summed E-state index contributed by atoms with van der Waals surface area (Å²) in [6.07, 6.45) is 63.3. The number of unbranched alkanes of at least 4 members (excludes halogenated alkanes) is 45. The van der Waals surface area contributed by atoms with E-state index in [0.29, 0.717) is 81.1 Å². The minimum Gasteiger partial charge on any atom is -0.462 e. The fraction of sp³-hybridized carbons (Fsp3) is 0.910. The molecule has 5 unspecified atom stereocenters. The standard InChI is InChI=1S/C111H209N5O20S5/c1-11-16-21-26-31-36-41-46-51-56-87-137-92-97(6)107(122)131-83-79-127-102(117)61-70-114(74-65-106(121)135-136-111(126)101(10)96-141-91-60-55-50-45-40-35-30-25-20-15-5)75-68-112-66-67-113-69-76-116(73-64-105(120)130-82-86-134-110(125)100(9)95-140-90-59-54-49-44-39-34-29-24-19-14-4)78-77-115(71-62-103(118)128-80-84-132-108(123)98(7)93-138-88-57-52-47-42-37-32-27-22-17-12-2)72-63-104(119)129-81-85-133-109(124)99(8)94-139-89-58-53-48-43-38-33-28-23-18-13-3/h97-101,112-113H,11-96H2,1-10H3. The lowest BCUT2D eigenvalue weighted by Gasteiger charge is -2.27. The summed E-state index contributed by atoms with van der Waals surface area (Å²) in [5.41, 5.74) is 0. The number of esters is 8. The normalized spacial score (nSPS) is 12.6. The van der Waals surface area contributed by atoms with E-state index in [1.807, 2.05) is 37.5 Å². The summed E-state index contributed by atoms with van der Waals surface area (Å²) in [4.78, 5) is 148. The highest BCUT2D eigenvalue weighted by molar-refractivity contribution is 8.00. The first-order valence-corrected chi connectivity index (χ1v) is 62.7. The minimum absolute atomic E-state index is 0.00428. The predicted molar refractivity (Wildman–Crippen MR) is 590 cm³/mol. The van der Waals surface area contributed by atoms with Crippen LogP contribution in [0.15, 0.2) is 0 Å². The molecule has 0 heterocycles. The van der Waals surface area contributed by atoms with Gasteiger partial charge < -0.3 is 63.2 Å². The van der Waals surface area contributed by atoms with E-state index in [9.17, 15) is 47.9 Å². The van der Waals surface area contributed by atoms with Gasteiger partial charge in [0, 0.05) is 114 Å². The topological polar surface area (TPSA) is 297 Å². The third-order valence-corrected chi connectivity index (χ3v) is 31.8. The van der Waals surface area contributed by atoms with Crippen LogP contribution in [-0.4, -0.2) is 270 Å². The number of hydrogen-bond acceptors (Lipinski definition) is 30. The van der Waals surface area contributed by atoms with Crippen molar-refractivity contribution in [2.45, 2.75) is 422 Å². The van der Waals surface area contributed by atoms with Crippen molar-refractivity contribution >= 4 is 119 Å². The Labute approximate surface area is 881 Å². The number of carbonyl (C=O) groups excluding carboxylic acids is 10. The molecule has 0 aromatic heterocycles. The van der Waals surface area contributed by atoms with Crippen LogP contribution >= 0.6 is 58.8 Å². The summed E-state index contributed by atoms with van der Waals surface area (Å²) in [6, 6.07) is 0. The molecule has 25 nitrogen and oxygen atoms in total. The van der Waals surface area contributed by atoms with Crippen LogP contribution in [0.25, 0.3) is 0 Å². The van der Waals surface area contributed by atoms with Gasteiger partial charge in [-0.05, 0) is 60.9 Å². The largest absolute Gasteiger partial charge is 0.462 e. The number of nitrogens with zero attached hydrogens (tertiary/aromatic N) is 3. The van der Waals surface area contributed by atoms with Gasteiger partial charge in [-0.25, -0.2) is 19.4 Å². The van der Waals surface area contributed by atoms with Gasteiger partial charge in [0.1, 0.15) is 52.9 Å². The molecule has 5 atom stereocenters. The zero-order chi connectivity index (χ0) is 103. The lowest BCUT2D eigenvalue weighted by atomic mass is 10.1. The van der Waals surface area contributed by atoms with Crippen molar-refractivity contribution in [2.24, 2.45) is 29.6 Å². The van der Waals surface area contributed by atoms with Crippen molar-refractivity contribution in [1.82, 2.24) is 25.3 Å². The third kappa shape index (κ3) is 95.6. The molecule has 0 fully saturated rings. The van der Waals surface area contributed by atoms with Gasteiger partial charge in [0.2, 0.25) is 0 Å². The van der Waals surface area contributed by atoms with Gasteiger partial charge >= 0.3 is 59.7 Å². The molecule has 30 heteroatoms. The Balaban J connectivity index is 6.30. The molecule has 0 aliphatic rings. The van der Waals surface area contributed by atoms with Crippen molar-refractivity contribution in [1.29, 1.82) is 0 Å². The lowest BCUT2D eigenvalue weighted by Crippen LogP contribution is -2.42. The molecule has 0 aliphatic carbocycles. The molecule has 828 valence electrons. The van der Waals surface area contributed by atoms with Gasteiger partial charge in [-0.3, -0.25) is 38.4 Å².